The molecule has 1 amide bonds. The molecular formula is C9H10N2O6S. The molecule has 9 heteroatoms. The van der Waals surface area contributed by atoms with E-state index in [0.717, 1.165) is 23.9 Å². The maximum absolute atomic E-state index is 11.2. The fourth-order valence-corrected chi connectivity index (χ4v) is 2.06. The van der Waals surface area contributed by atoms with Crippen molar-refractivity contribution in [2.75, 3.05) is 12.4 Å². The van der Waals surface area contributed by atoms with Gasteiger partial charge in [0.15, 0.2) is 0 Å². The summed E-state index contributed by atoms with van der Waals surface area (Å²) in [7, 11) is 0. The lowest BCUT2D eigenvalue weighted by Gasteiger charge is -2.10. The summed E-state index contributed by atoms with van der Waals surface area (Å²) in [6.45, 7) is -0.0413. The molecular weight excluding hydrogens is 264 g/mol. The van der Waals surface area contributed by atoms with E-state index < -0.39 is 17.9 Å². The molecule has 0 radical (unpaired) electrons. The number of aromatic hydroxyl groups is 2. The van der Waals surface area contributed by atoms with Crippen LogP contribution in [-0.2, 0) is 4.74 Å². The standard InChI is InChI=1S/C9H10N2O6S/c12-6-1-2-7(13)11(6)17-9(15)16-3-5-4-18-8(14)10-5/h1-2,5,12-13H,3-4H2,(H,10,14). The van der Waals surface area contributed by atoms with Crippen molar-refractivity contribution in [1.82, 2.24) is 10.0 Å². The van der Waals surface area contributed by atoms with Gasteiger partial charge in [-0.3, -0.25) is 9.63 Å². The Morgan fingerprint density at radius 3 is 2.72 bits per heavy atom. The summed E-state index contributed by atoms with van der Waals surface area (Å²) in [4.78, 5) is 26.6. The summed E-state index contributed by atoms with van der Waals surface area (Å²) in [6.07, 6.45) is -1.09. The van der Waals surface area contributed by atoms with Crippen LogP contribution < -0.4 is 10.2 Å². The van der Waals surface area contributed by atoms with Gasteiger partial charge < -0.3 is 20.3 Å². The number of amides is 1. The molecule has 1 fully saturated rings. The third-order valence-corrected chi connectivity index (χ3v) is 3.05. The Morgan fingerprint density at radius 1 is 1.50 bits per heavy atom. The molecule has 2 heterocycles. The summed E-state index contributed by atoms with van der Waals surface area (Å²) < 4.78 is 5.24. The number of carbonyl (C=O) groups excluding carboxylic acids is 2. The highest BCUT2D eigenvalue weighted by molar-refractivity contribution is 8.13. The molecule has 1 aromatic heterocycles. The van der Waals surface area contributed by atoms with Crippen LogP contribution >= 0.6 is 11.8 Å². The maximum atomic E-state index is 11.2. The van der Waals surface area contributed by atoms with E-state index in [9.17, 15) is 19.8 Å². The molecule has 0 aliphatic carbocycles. The zero-order valence-corrected chi connectivity index (χ0v) is 9.85. The van der Waals surface area contributed by atoms with Crippen LogP contribution in [-0.4, -0.2) is 44.7 Å². The molecule has 2 rings (SSSR count). The van der Waals surface area contributed by atoms with Crippen molar-refractivity contribution in [3.8, 4) is 11.8 Å². The van der Waals surface area contributed by atoms with Crippen molar-refractivity contribution < 1.29 is 29.4 Å². The molecule has 0 spiro atoms. The number of hydrogen-bond acceptors (Lipinski definition) is 7. The van der Waals surface area contributed by atoms with E-state index in [0.29, 0.717) is 10.5 Å². The van der Waals surface area contributed by atoms with E-state index >= 15 is 0 Å². The maximum Gasteiger partial charge on any atom is 0.534 e. The third kappa shape index (κ3) is 2.80. The van der Waals surface area contributed by atoms with E-state index in [1.165, 1.54) is 0 Å². The topological polar surface area (TPSA) is 110 Å². The van der Waals surface area contributed by atoms with Crippen molar-refractivity contribution in [2.24, 2.45) is 0 Å². The van der Waals surface area contributed by atoms with Crippen LogP contribution in [0.2, 0.25) is 0 Å². The van der Waals surface area contributed by atoms with E-state index in [1.807, 2.05) is 0 Å². The first-order valence-electron chi connectivity index (χ1n) is 4.94. The number of aromatic nitrogens is 1. The average molecular weight is 274 g/mol. The van der Waals surface area contributed by atoms with Gasteiger partial charge >= 0.3 is 6.16 Å². The van der Waals surface area contributed by atoms with Crippen LogP contribution in [0.5, 0.6) is 11.8 Å². The van der Waals surface area contributed by atoms with Crippen LogP contribution in [0.3, 0.4) is 0 Å². The van der Waals surface area contributed by atoms with Crippen molar-refractivity contribution in [3.63, 3.8) is 0 Å². The number of rotatable bonds is 3. The van der Waals surface area contributed by atoms with Gasteiger partial charge in [0.05, 0.1) is 6.04 Å². The number of nitrogens with one attached hydrogen (secondary N) is 1. The van der Waals surface area contributed by atoms with E-state index in [1.54, 1.807) is 0 Å². The first kappa shape index (κ1) is 12.4. The number of hydrogen-bond donors (Lipinski definition) is 3. The Labute approximate surface area is 105 Å². The van der Waals surface area contributed by atoms with Crippen molar-refractivity contribution in [1.29, 1.82) is 0 Å². The molecule has 1 saturated heterocycles. The molecule has 0 saturated carbocycles. The quantitative estimate of drug-likeness (QED) is 0.679. The number of thioether (sulfide) groups is 1. The molecule has 1 aromatic rings. The Bertz CT molecular complexity index is 454. The lowest BCUT2D eigenvalue weighted by molar-refractivity contribution is 0.0325. The van der Waals surface area contributed by atoms with Crippen LogP contribution in [0.25, 0.3) is 0 Å². The highest BCUT2D eigenvalue weighted by Crippen LogP contribution is 2.19. The molecule has 8 nitrogen and oxygen atoms in total. The monoisotopic (exact) mass is 274 g/mol. The smallest absolute Gasteiger partial charge is 0.492 e. The minimum Gasteiger partial charge on any atom is -0.492 e. The molecule has 3 N–H and O–H groups in total. The summed E-state index contributed by atoms with van der Waals surface area (Å²) >= 11 is 1.10. The predicted molar refractivity (Wildman–Crippen MR) is 60.5 cm³/mol. The van der Waals surface area contributed by atoms with Gasteiger partial charge in [0.1, 0.15) is 6.61 Å². The second kappa shape index (κ2) is 5.08. The highest BCUT2D eigenvalue weighted by Gasteiger charge is 2.23. The Morgan fingerprint density at radius 2 is 2.17 bits per heavy atom. The average Bonchev–Trinajstić information content (AvgIpc) is 2.87. The summed E-state index contributed by atoms with van der Waals surface area (Å²) in [5.41, 5.74) is 0. The Hall–Kier alpha value is -2.03. The first-order valence-corrected chi connectivity index (χ1v) is 5.93. The van der Waals surface area contributed by atoms with Crippen LogP contribution in [0, 0.1) is 0 Å². The molecule has 1 atom stereocenters. The fourth-order valence-electron chi connectivity index (χ4n) is 1.28. The van der Waals surface area contributed by atoms with Gasteiger partial charge in [0.2, 0.25) is 11.8 Å². The second-order valence-corrected chi connectivity index (χ2v) is 4.43. The Balaban J connectivity index is 1.80. The summed E-state index contributed by atoms with van der Waals surface area (Å²) in [5.74, 6) is -0.366. The summed E-state index contributed by atoms with van der Waals surface area (Å²) in [6, 6.07) is 2.04. The zero-order chi connectivity index (χ0) is 13.1. The van der Waals surface area contributed by atoms with Gasteiger partial charge in [0, 0.05) is 17.9 Å². The van der Waals surface area contributed by atoms with Crippen LogP contribution in [0.1, 0.15) is 0 Å². The van der Waals surface area contributed by atoms with Gasteiger partial charge in [-0.25, -0.2) is 4.79 Å². The number of carbonyl (C=O) groups is 2. The molecule has 18 heavy (non-hydrogen) atoms. The summed E-state index contributed by atoms with van der Waals surface area (Å²) in [5, 5.41) is 20.8. The lowest BCUT2D eigenvalue weighted by Crippen LogP contribution is -2.33. The van der Waals surface area contributed by atoms with E-state index in [-0.39, 0.29) is 17.9 Å². The van der Waals surface area contributed by atoms with E-state index in [4.69, 9.17) is 4.74 Å². The Kier molecular flexibility index (Phi) is 3.51. The minimum absolute atomic E-state index is 0.0413. The molecule has 1 aliphatic heterocycles. The van der Waals surface area contributed by atoms with Crippen LogP contribution in [0.4, 0.5) is 9.59 Å². The highest BCUT2D eigenvalue weighted by atomic mass is 32.2. The first-order chi connectivity index (χ1) is 8.56. The molecule has 1 aliphatic rings. The third-order valence-electron chi connectivity index (χ3n) is 2.10. The van der Waals surface area contributed by atoms with Gasteiger partial charge in [-0.2, -0.15) is 0 Å². The van der Waals surface area contributed by atoms with Gasteiger partial charge in [-0.1, -0.05) is 11.8 Å². The second-order valence-electron chi connectivity index (χ2n) is 3.44. The number of ether oxygens (including phenoxy) is 1. The molecule has 1 unspecified atom stereocenters. The molecule has 98 valence electrons. The predicted octanol–water partition coefficient (Wildman–Crippen LogP) is 0.289. The van der Waals surface area contributed by atoms with Crippen molar-refractivity contribution in [3.05, 3.63) is 12.1 Å². The van der Waals surface area contributed by atoms with Gasteiger partial charge in [-0.15, -0.1) is 4.73 Å². The lowest BCUT2D eigenvalue weighted by atomic mass is 10.4. The molecule has 0 aromatic carbocycles. The fraction of sp³-hybridized carbons (Fsp3) is 0.333. The SMILES string of the molecule is O=C(OCC1CSC(=O)N1)On1c(O)ccc1O. The normalized spacial score (nSPS) is 18.4. The zero-order valence-electron chi connectivity index (χ0n) is 9.03. The minimum atomic E-state index is -1.09. The van der Waals surface area contributed by atoms with Crippen molar-refractivity contribution in [2.45, 2.75) is 6.04 Å². The largest absolute Gasteiger partial charge is 0.534 e. The number of nitrogens with zero attached hydrogens (tertiary/aromatic N) is 1. The van der Waals surface area contributed by atoms with E-state index in [2.05, 4.69) is 10.2 Å². The van der Waals surface area contributed by atoms with Gasteiger partial charge in [-0.05, 0) is 0 Å². The van der Waals surface area contributed by atoms with Crippen LogP contribution in [0.15, 0.2) is 12.1 Å². The van der Waals surface area contributed by atoms with Crippen molar-refractivity contribution >= 4 is 23.2 Å². The van der Waals surface area contributed by atoms with Gasteiger partial charge in [0.25, 0.3) is 5.24 Å². The molecule has 0 bridgehead atoms.